The highest BCUT2D eigenvalue weighted by atomic mass is 32.1. The van der Waals surface area contributed by atoms with Crippen molar-refractivity contribution < 1.29 is 4.79 Å². The molecule has 0 spiro atoms. The fourth-order valence-corrected chi connectivity index (χ4v) is 5.51. The summed E-state index contributed by atoms with van der Waals surface area (Å²) >= 11 is 1.65. The van der Waals surface area contributed by atoms with Crippen LogP contribution in [0.4, 0.5) is 0 Å². The zero-order valence-corrected chi connectivity index (χ0v) is 18.7. The molecule has 0 fully saturated rings. The second kappa shape index (κ2) is 8.34. The molecule has 1 N–H and O–H groups in total. The van der Waals surface area contributed by atoms with Crippen LogP contribution in [0, 0.1) is 11.3 Å². The van der Waals surface area contributed by atoms with E-state index < -0.39 is 0 Å². The molecule has 1 aliphatic carbocycles. The molecule has 2 heterocycles. The second-order valence-electron chi connectivity index (χ2n) is 9.25. The third kappa shape index (κ3) is 4.33. The summed E-state index contributed by atoms with van der Waals surface area (Å²) < 4.78 is 1.45. The Kier molecular flexibility index (Phi) is 5.78. The predicted octanol–water partition coefficient (Wildman–Crippen LogP) is 3.97. The van der Waals surface area contributed by atoms with Gasteiger partial charge in [-0.2, -0.15) is 0 Å². The first kappa shape index (κ1) is 20.8. The molecule has 0 aliphatic heterocycles. The van der Waals surface area contributed by atoms with E-state index in [9.17, 15) is 9.59 Å². The molecule has 2 aromatic heterocycles. The summed E-state index contributed by atoms with van der Waals surface area (Å²) in [6.45, 7) is 7.42. The number of nitrogens with zero attached hydrogens (tertiary/aromatic N) is 2. The van der Waals surface area contributed by atoms with Gasteiger partial charge in [-0.05, 0) is 48.1 Å². The highest BCUT2D eigenvalue weighted by Crippen LogP contribution is 2.41. The van der Waals surface area contributed by atoms with Gasteiger partial charge in [0.15, 0.2) is 0 Å². The maximum absolute atomic E-state index is 13.1. The molecule has 1 atom stereocenters. The van der Waals surface area contributed by atoms with Crippen molar-refractivity contribution in [2.75, 3.05) is 6.54 Å². The van der Waals surface area contributed by atoms with Crippen molar-refractivity contribution in [1.82, 2.24) is 14.9 Å². The minimum atomic E-state index is -0.161. The third-order valence-electron chi connectivity index (χ3n) is 6.15. The smallest absolute Gasteiger partial charge is 0.262 e. The van der Waals surface area contributed by atoms with E-state index >= 15 is 0 Å². The van der Waals surface area contributed by atoms with Gasteiger partial charge in [-0.1, -0.05) is 51.1 Å². The maximum atomic E-state index is 13.1. The van der Waals surface area contributed by atoms with Crippen LogP contribution in [-0.2, 0) is 30.6 Å². The zero-order chi connectivity index (χ0) is 21.3. The number of fused-ring (bicyclic) bond motifs is 3. The molecule has 5 nitrogen and oxygen atoms in total. The topological polar surface area (TPSA) is 64.0 Å². The average Bonchev–Trinajstić information content (AvgIpc) is 3.09. The van der Waals surface area contributed by atoms with Gasteiger partial charge < -0.3 is 5.32 Å². The summed E-state index contributed by atoms with van der Waals surface area (Å²) in [5.41, 5.74) is 2.51. The summed E-state index contributed by atoms with van der Waals surface area (Å²) in [5, 5.41) is 3.63. The molecule has 0 saturated carbocycles. The molecule has 1 aromatic carbocycles. The Bertz CT molecular complexity index is 1110. The molecule has 30 heavy (non-hydrogen) atoms. The van der Waals surface area contributed by atoms with Crippen molar-refractivity contribution in [2.45, 2.75) is 53.0 Å². The molecule has 158 valence electrons. The number of amides is 1. The summed E-state index contributed by atoms with van der Waals surface area (Å²) in [7, 11) is 0. The fourth-order valence-electron chi connectivity index (χ4n) is 4.25. The van der Waals surface area contributed by atoms with Gasteiger partial charge in [0, 0.05) is 11.4 Å². The molecule has 0 bridgehead atoms. The minimum absolute atomic E-state index is 0.00575. The average molecular weight is 424 g/mol. The predicted molar refractivity (Wildman–Crippen MR) is 122 cm³/mol. The number of carbonyl (C=O) groups excluding carboxylic acids is 1. The number of aryl methyl sites for hydroxylation is 1. The molecule has 1 aliphatic rings. The Labute approximate surface area is 181 Å². The number of aromatic nitrogens is 2. The molecule has 6 heteroatoms. The van der Waals surface area contributed by atoms with E-state index in [0.717, 1.165) is 41.5 Å². The molecular weight excluding hydrogens is 394 g/mol. The van der Waals surface area contributed by atoms with Crippen LogP contribution in [0.5, 0.6) is 0 Å². The molecule has 1 amide bonds. The number of nitrogens with one attached hydrogen (secondary N) is 1. The molecule has 3 aromatic rings. The Hall–Kier alpha value is -2.47. The molecular formula is C24H29N3O2S. The number of hydrogen-bond acceptors (Lipinski definition) is 4. The number of thiophene rings is 1. The van der Waals surface area contributed by atoms with Gasteiger partial charge in [-0.3, -0.25) is 14.2 Å². The van der Waals surface area contributed by atoms with E-state index in [1.807, 2.05) is 30.3 Å². The minimum Gasteiger partial charge on any atom is -0.354 e. The molecule has 0 radical (unpaired) electrons. The SMILES string of the molecule is CC(C)(C)[C@H]1CCc2c(sc3ncn(CC(=O)NCCc4ccccc4)c(=O)c23)C1. The Morgan fingerprint density at radius 1 is 1.27 bits per heavy atom. The van der Waals surface area contributed by atoms with Gasteiger partial charge in [-0.25, -0.2) is 4.98 Å². The lowest BCUT2D eigenvalue weighted by atomic mass is 9.72. The fraction of sp³-hybridized carbons (Fsp3) is 0.458. The summed E-state index contributed by atoms with van der Waals surface area (Å²) in [4.78, 5) is 32.1. The Morgan fingerprint density at radius 3 is 2.77 bits per heavy atom. The van der Waals surface area contributed by atoms with Crippen molar-refractivity contribution in [1.29, 1.82) is 0 Å². The van der Waals surface area contributed by atoms with Gasteiger partial charge in [0.1, 0.15) is 11.4 Å². The van der Waals surface area contributed by atoms with Gasteiger partial charge >= 0.3 is 0 Å². The maximum Gasteiger partial charge on any atom is 0.262 e. The molecule has 0 saturated heterocycles. The zero-order valence-electron chi connectivity index (χ0n) is 17.9. The first-order valence-corrected chi connectivity index (χ1v) is 11.4. The van der Waals surface area contributed by atoms with E-state index in [4.69, 9.17) is 0 Å². The highest BCUT2D eigenvalue weighted by molar-refractivity contribution is 7.18. The van der Waals surface area contributed by atoms with Gasteiger partial charge in [0.25, 0.3) is 5.56 Å². The number of hydrogen-bond donors (Lipinski definition) is 1. The second-order valence-corrected chi connectivity index (χ2v) is 10.3. The van der Waals surface area contributed by atoms with E-state index in [1.165, 1.54) is 21.3 Å². The van der Waals surface area contributed by atoms with Crippen molar-refractivity contribution in [3.05, 3.63) is 63.0 Å². The number of rotatable bonds is 5. The summed E-state index contributed by atoms with van der Waals surface area (Å²) in [6.07, 6.45) is 5.31. The summed E-state index contributed by atoms with van der Waals surface area (Å²) in [6, 6.07) is 10.0. The Balaban J connectivity index is 1.47. The normalized spacial score (nSPS) is 16.4. The van der Waals surface area contributed by atoms with Crippen LogP contribution in [0.2, 0.25) is 0 Å². The van der Waals surface area contributed by atoms with Crippen LogP contribution in [0.25, 0.3) is 10.2 Å². The molecule has 0 unspecified atom stereocenters. The highest BCUT2D eigenvalue weighted by Gasteiger charge is 2.31. The van der Waals surface area contributed by atoms with Crippen molar-refractivity contribution >= 4 is 27.5 Å². The monoisotopic (exact) mass is 423 g/mol. The van der Waals surface area contributed by atoms with Crippen LogP contribution >= 0.6 is 11.3 Å². The number of benzene rings is 1. The van der Waals surface area contributed by atoms with E-state index in [1.54, 1.807) is 11.3 Å². The van der Waals surface area contributed by atoms with Crippen LogP contribution in [0.1, 0.15) is 43.2 Å². The van der Waals surface area contributed by atoms with Gasteiger partial charge in [0.2, 0.25) is 5.91 Å². The lowest BCUT2D eigenvalue weighted by Gasteiger charge is -2.33. The first-order valence-electron chi connectivity index (χ1n) is 10.6. The van der Waals surface area contributed by atoms with Crippen molar-refractivity contribution in [3.8, 4) is 0 Å². The first-order chi connectivity index (χ1) is 14.3. The van der Waals surface area contributed by atoms with Crippen LogP contribution in [-0.4, -0.2) is 22.0 Å². The van der Waals surface area contributed by atoms with Crippen LogP contribution < -0.4 is 10.9 Å². The van der Waals surface area contributed by atoms with Gasteiger partial charge in [0.05, 0.1) is 11.7 Å². The Morgan fingerprint density at radius 2 is 2.03 bits per heavy atom. The lowest BCUT2D eigenvalue weighted by molar-refractivity contribution is -0.121. The van der Waals surface area contributed by atoms with Gasteiger partial charge in [-0.15, -0.1) is 11.3 Å². The lowest BCUT2D eigenvalue weighted by Crippen LogP contribution is -2.33. The quantitative estimate of drug-likeness (QED) is 0.675. The van der Waals surface area contributed by atoms with Crippen LogP contribution in [0.3, 0.4) is 0 Å². The van der Waals surface area contributed by atoms with Crippen LogP contribution in [0.15, 0.2) is 41.5 Å². The molecule has 4 rings (SSSR count). The van der Waals surface area contributed by atoms with E-state index in [-0.39, 0.29) is 23.4 Å². The van der Waals surface area contributed by atoms with Crippen molar-refractivity contribution in [2.24, 2.45) is 11.3 Å². The van der Waals surface area contributed by atoms with Crippen molar-refractivity contribution in [3.63, 3.8) is 0 Å². The summed E-state index contributed by atoms with van der Waals surface area (Å²) in [5.74, 6) is 0.460. The van der Waals surface area contributed by atoms with E-state index in [0.29, 0.717) is 12.5 Å². The standard InChI is InChI=1S/C24H29N3O2S/c1-24(2,3)17-9-10-18-19(13-17)30-22-21(18)23(29)27(15-26-22)14-20(28)25-12-11-16-7-5-4-6-8-16/h4-8,15,17H,9-14H2,1-3H3,(H,25,28)/t17-/m0/s1. The number of carbonyl (C=O) groups is 1. The largest absolute Gasteiger partial charge is 0.354 e. The van der Waals surface area contributed by atoms with E-state index in [2.05, 4.69) is 31.1 Å². The third-order valence-corrected chi connectivity index (χ3v) is 7.32.